The molecule has 0 spiro atoms. The van der Waals surface area contributed by atoms with Crippen LogP contribution in [0.5, 0.6) is 0 Å². The van der Waals surface area contributed by atoms with Crippen LogP contribution in [0.3, 0.4) is 0 Å². The maximum atomic E-state index is 8.36. The van der Waals surface area contributed by atoms with Crippen LogP contribution in [-0.4, -0.2) is 110 Å². The Morgan fingerprint density at radius 1 is 0.192 bits per heavy atom. The number of unbranched alkanes of at least 4 members (excludes halogenated alkanes) is 30. The van der Waals surface area contributed by atoms with Crippen molar-refractivity contribution in [2.24, 2.45) is 0 Å². The number of hydrogen-bond donors (Lipinski definition) is 1. The van der Waals surface area contributed by atoms with E-state index >= 15 is 0 Å². The van der Waals surface area contributed by atoms with E-state index in [9.17, 15) is 0 Å². The lowest BCUT2D eigenvalue weighted by molar-refractivity contribution is -0.122. The summed E-state index contributed by atoms with van der Waals surface area (Å²) >= 11 is 0. The van der Waals surface area contributed by atoms with Crippen molar-refractivity contribution < 1.29 is 9.90 Å². The summed E-state index contributed by atoms with van der Waals surface area (Å²) in [5.41, 5.74) is 0. The van der Waals surface area contributed by atoms with Crippen molar-refractivity contribution in [3.8, 4) is 0 Å². The molecule has 0 aromatic rings. The highest BCUT2D eigenvalue weighted by Crippen LogP contribution is 2.11. The summed E-state index contributed by atoms with van der Waals surface area (Å²) in [4.78, 5) is 19.2. The molecule has 0 aliphatic heterocycles. The van der Waals surface area contributed by atoms with E-state index in [0.29, 0.717) is 0 Å². The van der Waals surface area contributed by atoms with Gasteiger partial charge in [-0.25, -0.2) is 0 Å². The molecule has 73 heavy (non-hydrogen) atoms. The Morgan fingerprint density at radius 3 is 0.370 bits per heavy atom. The van der Waals surface area contributed by atoms with E-state index in [1.54, 1.807) is 0 Å². The van der Waals surface area contributed by atoms with Crippen LogP contribution >= 0.6 is 0 Å². The first-order valence-electron chi connectivity index (χ1n) is 33.8. The highest BCUT2D eigenvalue weighted by Gasteiger charge is 2.07. The van der Waals surface area contributed by atoms with Gasteiger partial charge in [0, 0.05) is 0 Å². The zero-order valence-electron chi connectivity index (χ0n) is 53.4. The molecule has 0 bridgehead atoms. The van der Waals surface area contributed by atoms with Crippen LogP contribution in [0.1, 0.15) is 353 Å². The zero-order valence-corrected chi connectivity index (χ0v) is 53.4. The first-order chi connectivity index (χ1) is 35.8. The molecule has 0 amide bonds. The van der Waals surface area contributed by atoms with Gasteiger partial charge < -0.3 is 24.7 Å². The van der Waals surface area contributed by atoms with Crippen LogP contribution in [0, 0.1) is 0 Å². The molecule has 0 aliphatic rings. The number of nitrogens with zero attached hydrogens (tertiary/aromatic N) is 4. The van der Waals surface area contributed by atoms with Crippen LogP contribution in [0.25, 0.3) is 0 Å². The highest BCUT2D eigenvalue weighted by atomic mass is 16.3. The van der Waals surface area contributed by atoms with Crippen molar-refractivity contribution in [3.63, 3.8) is 0 Å². The van der Waals surface area contributed by atoms with Gasteiger partial charge in [-0.1, -0.05) is 276 Å². The average Bonchev–Trinajstić information content (AvgIpc) is 3.39. The van der Waals surface area contributed by atoms with E-state index in [-0.39, 0.29) is 6.47 Å². The molecule has 0 aromatic heterocycles. The van der Waals surface area contributed by atoms with Gasteiger partial charge in [0.1, 0.15) is 0 Å². The molecule has 0 radical (unpaired) electrons. The normalized spacial score (nSPS) is 11.0. The molecule has 0 unspecified atom stereocenters. The molecule has 0 atom stereocenters. The fourth-order valence-corrected chi connectivity index (χ4v) is 9.43. The molecule has 6 heteroatoms. The minimum Gasteiger partial charge on any atom is -0.483 e. The van der Waals surface area contributed by atoms with Gasteiger partial charge >= 0.3 is 0 Å². The molecule has 0 heterocycles. The third kappa shape index (κ3) is 80.3. The summed E-state index contributed by atoms with van der Waals surface area (Å²) in [6, 6.07) is 0. The summed E-state index contributed by atoms with van der Waals surface area (Å²) in [7, 11) is 0. The fourth-order valence-electron chi connectivity index (χ4n) is 9.43. The molecule has 0 rings (SSSR count). The largest absolute Gasteiger partial charge is 0.483 e. The van der Waals surface area contributed by atoms with Crippen LogP contribution in [0.15, 0.2) is 0 Å². The summed E-state index contributed by atoms with van der Waals surface area (Å²) in [6.45, 7) is 43.4. The molecule has 0 saturated carbocycles. The molecule has 446 valence electrons. The molecule has 0 aromatic carbocycles. The Morgan fingerprint density at radius 2 is 0.274 bits per heavy atom. The van der Waals surface area contributed by atoms with Crippen molar-refractivity contribution >= 4 is 6.47 Å². The van der Waals surface area contributed by atoms with E-state index in [4.69, 9.17) is 9.90 Å². The van der Waals surface area contributed by atoms with E-state index in [1.807, 2.05) is 0 Å². The van der Waals surface area contributed by atoms with Crippen LogP contribution in [0.4, 0.5) is 0 Å². The van der Waals surface area contributed by atoms with Gasteiger partial charge in [0.25, 0.3) is 6.47 Å². The lowest BCUT2D eigenvalue weighted by Crippen LogP contribution is -2.27. The second-order valence-electron chi connectivity index (χ2n) is 22.1. The standard InChI is InChI=1S/2C18H39N.2C15H33N.CH2O2/c2*1-4-7-10-13-16-19(17-14-11-8-5-2)18-15-12-9-6-3;2*1-4-7-10-13-16(14-11-8-5-2)15-12-9-6-3;2-1-3/h2*4-18H2,1-3H3;2*4-15H2,1-3H3;1H,(H,2,3). The minimum atomic E-state index is -0.250. The van der Waals surface area contributed by atoms with Crippen molar-refractivity contribution in [2.75, 3.05) is 78.5 Å². The van der Waals surface area contributed by atoms with Crippen LogP contribution < -0.4 is 0 Å². The minimum absolute atomic E-state index is 0.250. The zero-order chi connectivity index (χ0) is 55.2. The summed E-state index contributed by atoms with van der Waals surface area (Å²) in [5.74, 6) is 0. The van der Waals surface area contributed by atoms with Crippen molar-refractivity contribution in [1.29, 1.82) is 0 Å². The maximum Gasteiger partial charge on any atom is 0.290 e. The van der Waals surface area contributed by atoms with Gasteiger partial charge in [-0.3, -0.25) is 4.79 Å². The fraction of sp³-hybridized carbons (Fsp3) is 0.985. The lowest BCUT2D eigenvalue weighted by Gasteiger charge is -2.22. The SMILES string of the molecule is CCCCCCN(CCCCCC)CCCCCC.CCCCCCN(CCCCCC)CCCCCC.CCCCCN(CCCCC)CCCCC.CCCCCN(CCCCC)CCCCC.O=CO. The number of carboxylic acid groups (broad SMARTS) is 1. The summed E-state index contributed by atoms with van der Waals surface area (Å²) in [5, 5.41) is 6.89. The monoisotopic (exact) mass is 1040 g/mol. The number of hydrogen-bond acceptors (Lipinski definition) is 5. The Kier molecular flexibility index (Phi) is 89.1. The Labute approximate surface area is 465 Å². The van der Waals surface area contributed by atoms with E-state index < -0.39 is 0 Å². The van der Waals surface area contributed by atoms with Gasteiger partial charge in [-0.2, -0.15) is 0 Å². The molecular formula is C67H146N4O2. The van der Waals surface area contributed by atoms with Crippen LogP contribution in [0.2, 0.25) is 0 Å². The van der Waals surface area contributed by atoms with Gasteiger partial charge in [0.2, 0.25) is 0 Å². The molecule has 0 fully saturated rings. The summed E-state index contributed by atoms with van der Waals surface area (Å²) < 4.78 is 0. The van der Waals surface area contributed by atoms with E-state index in [2.05, 4.69) is 103 Å². The third-order valence-corrected chi connectivity index (χ3v) is 14.4. The predicted octanol–water partition coefficient (Wildman–Crippen LogP) is 21.5. The molecule has 1 N–H and O–H groups in total. The second kappa shape index (κ2) is 80.2. The number of carbonyl (C=O) groups is 1. The second-order valence-corrected chi connectivity index (χ2v) is 22.1. The van der Waals surface area contributed by atoms with Gasteiger partial charge in [0.05, 0.1) is 0 Å². The number of rotatable bonds is 54. The quantitative estimate of drug-likeness (QED) is 0.0484. The topological polar surface area (TPSA) is 50.3 Å². The Bertz CT molecular complexity index is 706. The smallest absolute Gasteiger partial charge is 0.290 e. The van der Waals surface area contributed by atoms with E-state index in [1.165, 1.54) is 348 Å². The van der Waals surface area contributed by atoms with Gasteiger partial charge in [-0.15, -0.1) is 0 Å². The van der Waals surface area contributed by atoms with Gasteiger partial charge in [-0.05, 0) is 156 Å². The molecular weight excluding hydrogens is 893 g/mol. The average molecular weight is 1040 g/mol. The molecule has 0 aliphatic carbocycles. The lowest BCUT2D eigenvalue weighted by atomic mass is 10.1. The third-order valence-electron chi connectivity index (χ3n) is 14.4. The van der Waals surface area contributed by atoms with Crippen molar-refractivity contribution in [2.45, 2.75) is 353 Å². The highest BCUT2D eigenvalue weighted by molar-refractivity contribution is 5.32. The summed E-state index contributed by atoms with van der Waals surface area (Å²) in [6.07, 6.45) is 58.5. The van der Waals surface area contributed by atoms with E-state index in [0.717, 1.165) is 0 Å². The maximum absolute atomic E-state index is 8.36. The first kappa shape index (κ1) is 81.2. The molecule has 6 nitrogen and oxygen atoms in total. The van der Waals surface area contributed by atoms with Crippen molar-refractivity contribution in [1.82, 2.24) is 19.6 Å². The van der Waals surface area contributed by atoms with Crippen LogP contribution in [-0.2, 0) is 4.79 Å². The Balaban J connectivity index is -0.000000277. The first-order valence-corrected chi connectivity index (χ1v) is 33.8. The van der Waals surface area contributed by atoms with Gasteiger partial charge in [0.15, 0.2) is 0 Å². The van der Waals surface area contributed by atoms with Crippen molar-refractivity contribution in [3.05, 3.63) is 0 Å². The molecule has 0 saturated heterocycles. The Hall–Kier alpha value is -0.690. The predicted molar refractivity (Wildman–Crippen MR) is 336 cm³/mol.